The van der Waals surface area contributed by atoms with Crippen LogP contribution >= 0.6 is 11.6 Å². The number of carbonyl (C=O) groups is 1. The Hall–Kier alpha value is -3.04. The molecule has 0 aromatic heterocycles. The third-order valence-corrected chi connectivity index (χ3v) is 3.19. The van der Waals surface area contributed by atoms with E-state index in [9.17, 15) is 4.79 Å². The fourth-order valence-corrected chi connectivity index (χ4v) is 2.02. The van der Waals surface area contributed by atoms with E-state index in [1.54, 1.807) is 42.5 Å². The van der Waals surface area contributed by atoms with Crippen LogP contribution in [0.2, 0.25) is 5.02 Å². The van der Waals surface area contributed by atoms with E-state index in [-0.39, 0.29) is 6.61 Å². The second-order valence-electron chi connectivity index (χ2n) is 4.58. The van der Waals surface area contributed by atoms with Crippen LogP contribution in [0.25, 0.3) is 0 Å². The van der Waals surface area contributed by atoms with E-state index in [1.807, 2.05) is 6.07 Å². The van der Waals surface area contributed by atoms with Crippen LogP contribution < -0.4 is 14.9 Å². The van der Waals surface area contributed by atoms with Gasteiger partial charge in [-0.3, -0.25) is 4.79 Å². The molecule has 0 aliphatic heterocycles. The van der Waals surface area contributed by atoms with E-state index in [0.29, 0.717) is 27.6 Å². The van der Waals surface area contributed by atoms with Crippen molar-refractivity contribution in [3.8, 4) is 17.6 Å². The number of para-hydroxylation sites is 1. The van der Waals surface area contributed by atoms with E-state index >= 15 is 0 Å². The Morgan fingerprint density at radius 1 is 1.33 bits per heavy atom. The molecule has 0 fully saturated rings. The van der Waals surface area contributed by atoms with E-state index in [2.05, 4.69) is 10.5 Å². The van der Waals surface area contributed by atoms with Crippen molar-refractivity contribution in [3.63, 3.8) is 0 Å². The minimum absolute atomic E-state index is 0.261. The Morgan fingerprint density at radius 3 is 2.88 bits per heavy atom. The molecule has 1 N–H and O–H groups in total. The molecule has 0 radical (unpaired) electrons. The number of nitrogens with zero attached hydrogens (tertiary/aromatic N) is 2. The Kier molecular flexibility index (Phi) is 6.17. The number of hydrogen-bond acceptors (Lipinski definition) is 5. The number of hydrogen-bond donors (Lipinski definition) is 1. The van der Waals surface area contributed by atoms with Gasteiger partial charge >= 0.3 is 0 Å². The van der Waals surface area contributed by atoms with Gasteiger partial charge in [0.25, 0.3) is 5.91 Å². The first-order chi connectivity index (χ1) is 11.6. The largest absolute Gasteiger partial charge is 0.496 e. The zero-order chi connectivity index (χ0) is 17.4. The number of nitriles is 1. The highest BCUT2D eigenvalue weighted by atomic mass is 35.5. The number of halogens is 1. The molecular weight excluding hydrogens is 330 g/mol. The van der Waals surface area contributed by atoms with E-state index in [1.165, 1.54) is 13.3 Å². The SMILES string of the molecule is COc1ccc(Cl)cc1/C=N\NC(=O)COc1ccccc1C#N. The number of hydrazone groups is 1. The Balaban J connectivity index is 1.92. The first-order valence-corrected chi connectivity index (χ1v) is 7.29. The summed E-state index contributed by atoms with van der Waals surface area (Å²) in [4.78, 5) is 11.7. The highest BCUT2D eigenvalue weighted by Crippen LogP contribution is 2.20. The lowest BCUT2D eigenvalue weighted by molar-refractivity contribution is -0.123. The summed E-state index contributed by atoms with van der Waals surface area (Å²) in [5.74, 6) is 0.465. The number of methoxy groups -OCH3 is 1. The van der Waals surface area contributed by atoms with Crippen LogP contribution in [0.15, 0.2) is 47.6 Å². The van der Waals surface area contributed by atoms with Crippen molar-refractivity contribution in [2.24, 2.45) is 5.10 Å². The maximum Gasteiger partial charge on any atom is 0.277 e. The van der Waals surface area contributed by atoms with Gasteiger partial charge in [0.15, 0.2) is 6.61 Å². The fourth-order valence-electron chi connectivity index (χ4n) is 1.84. The molecule has 2 rings (SSSR count). The zero-order valence-electron chi connectivity index (χ0n) is 12.8. The lowest BCUT2D eigenvalue weighted by Gasteiger charge is -2.06. The quantitative estimate of drug-likeness (QED) is 0.645. The maximum absolute atomic E-state index is 11.7. The molecule has 0 saturated heterocycles. The highest BCUT2D eigenvalue weighted by Gasteiger charge is 2.06. The van der Waals surface area contributed by atoms with Gasteiger partial charge in [-0.05, 0) is 30.3 Å². The van der Waals surface area contributed by atoms with Crippen molar-refractivity contribution in [3.05, 3.63) is 58.6 Å². The van der Waals surface area contributed by atoms with Crippen molar-refractivity contribution < 1.29 is 14.3 Å². The lowest BCUT2D eigenvalue weighted by Crippen LogP contribution is -2.24. The number of nitrogens with one attached hydrogen (secondary N) is 1. The average molecular weight is 344 g/mol. The molecule has 2 aromatic carbocycles. The molecule has 24 heavy (non-hydrogen) atoms. The van der Waals surface area contributed by atoms with Crippen molar-refractivity contribution in [1.29, 1.82) is 5.26 Å². The molecule has 122 valence electrons. The average Bonchev–Trinajstić information content (AvgIpc) is 2.60. The topological polar surface area (TPSA) is 83.7 Å². The third kappa shape index (κ3) is 4.73. The molecule has 0 aliphatic rings. The van der Waals surface area contributed by atoms with Crippen LogP contribution in [0.5, 0.6) is 11.5 Å². The predicted molar refractivity (Wildman–Crippen MR) is 90.4 cm³/mol. The standard InChI is InChI=1S/C17H14ClN3O3/c1-23-15-7-6-14(18)8-13(15)10-20-21-17(22)11-24-16-5-3-2-4-12(16)9-19/h2-8,10H,11H2,1H3,(H,21,22)/b20-10-. The van der Waals surface area contributed by atoms with Crippen molar-refractivity contribution >= 4 is 23.7 Å². The molecule has 1 amide bonds. The monoisotopic (exact) mass is 343 g/mol. The molecule has 6 nitrogen and oxygen atoms in total. The van der Waals surface area contributed by atoms with Crippen molar-refractivity contribution in [2.45, 2.75) is 0 Å². The van der Waals surface area contributed by atoms with Gasteiger partial charge in [0.05, 0.1) is 18.9 Å². The predicted octanol–water partition coefficient (Wildman–Crippen LogP) is 2.75. The third-order valence-electron chi connectivity index (χ3n) is 2.95. The zero-order valence-corrected chi connectivity index (χ0v) is 13.6. The minimum atomic E-state index is -0.458. The van der Waals surface area contributed by atoms with Crippen LogP contribution in [0.1, 0.15) is 11.1 Å². The maximum atomic E-state index is 11.7. The number of ether oxygens (including phenoxy) is 2. The van der Waals surface area contributed by atoms with Crippen LogP contribution in [-0.2, 0) is 4.79 Å². The molecule has 0 aliphatic carbocycles. The van der Waals surface area contributed by atoms with Gasteiger partial charge in [0.1, 0.15) is 17.6 Å². The number of carbonyl (C=O) groups excluding carboxylic acids is 1. The first-order valence-electron chi connectivity index (χ1n) is 6.91. The fraction of sp³-hybridized carbons (Fsp3) is 0.118. The summed E-state index contributed by atoms with van der Waals surface area (Å²) in [6.45, 7) is -0.261. The molecule has 0 heterocycles. The van der Waals surface area contributed by atoms with Crippen molar-refractivity contribution in [1.82, 2.24) is 5.43 Å². The van der Waals surface area contributed by atoms with E-state index < -0.39 is 5.91 Å². The normalized spacial score (nSPS) is 10.2. The summed E-state index contributed by atoms with van der Waals surface area (Å²) in [6, 6.07) is 13.7. The highest BCUT2D eigenvalue weighted by molar-refractivity contribution is 6.30. The molecule has 7 heteroatoms. The van der Waals surface area contributed by atoms with Gasteiger partial charge in [-0.2, -0.15) is 10.4 Å². The van der Waals surface area contributed by atoms with Crippen LogP contribution in [-0.4, -0.2) is 25.8 Å². The summed E-state index contributed by atoms with van der Waals surface area (Å²) in [7, 11) is 1.53. The number of benzene rings is 2. The second-order valence-corrected chi connectivity index (χ2v) is 5.01. The van der Waals surface area contributed by atoms with Gasteiger partial charge < -0.3 is 9.47 Å². The smallest absolute Gasteiger partial charge is 0.277 e. The molecule has 0 atom stereocenters. The lowest BCUT2D eigenvalue weighted by atomic mass is 10.2. The van der Waals surface area contributed by atoms with Crippen LogP contribution in [0.4, 0.5) is 0 Å². The van der Waals surface area contributed by atoms with Crippen LogP contribution in [0.3, 0.4) is 0 Å². The Bertz CT molecular complexity index is 800. The molecule has 0 bridgehead atoms. The van der Waals surface area contributed by atoms with E-state index in [4.69, 9.17) is 26.3 Å². The molecule has 0 unspecified atom stereocenters. The summed E-state index contributed by atoms with van der Waals surface area (Å²) < 4.78 is 10.5. The van der Waals surface area contributed by atoms with Gasteiger partial charge in [0, 0.05) is 10.6 Å². The van der Waals surface area contributed by atoms with Crippen LogP contribution in [0, 0.1) is 11.3 Å². The number of amides is 1. The van der Waals surface area contributed by atoms with Gasteiger partial charge in [-0.25, -0.2) is 5.43 Å². The summed E-state index contributed by atoms with van der Waals surface area (Å²) in [5.41, 5.74) is 3.32. The molecule has 2 aromatic rings. The Morgan fingerprint density at radius 2 is 2.12 bits per heavy atom. The second kappa shape index (κ2) is 8.56. The van der Waals surface area contributed by atoms with Gasteiger partial charge in [-0.15, -0.1) is 0 Å². The molecular formula is C17H14ClN3O3. The van der Waals surface area contributed by atoms with Gasteiger partial charge in [-0.1, -0.05) is 23.7 Å². The number of rotatable bonds is 6. The Labute approximate surface area is 144 Å². The summed E-state index contributed by atoms with van der Waals surface area (Å²) in [5, 5.41) is 13.3. The van der Waals surface area contributed by atoms with Crippen molar-refractivity contribution in [2.75, 3.05) is 13.7 Å². The molecule has 0 saturated carbocycles. The van der Waals surface area contributed by atoms with E-state index in [0.717, 1.165) is 0 Å². The summed E-state index contributed by atoms with van der Waals surface area (Å²) in [6.07, 6.45) is 1.42. The molecule has 0 spiro atoms. The summed E-state index contributed by atoms with van der Waals surface area (Å²) >= 11 is 5.91. The minimum Gasteiger partial charge on any atom is -0.496 e. The van der Waals surface area contributed by atoms with Gasteiger partial charge in [0.2, 0.25) is 0 Å². The first kappa shape index (κ1) is 17.3.